The Morgan fingerprint density at radius 3 is 1.16 bits per heavy atom. The highest BCUT2D eigenvalue weighted by Gasteiger charge is 2.24. The summed E-state index contributed by atoms with van der Waals surface area (Å²) < 4.78 is 2.42. The fraction of sp³-hybridized carbons (Fsp3) is 0. The molecule has 0 aliphatic heterocycles. The molecule has 0 radical (unpaired) electrons. The standard InChI is InChI=1S/C60H44N4/c1-6-21-45(22-7-1)46-39-41-51(42-40-46)62(49-27-12-4-13-28-49)53-32-19-34-55(44-53)63(54-33-18-31-52(43-54)61(47-23-8-2-9-24-47)48-25-10-3-11-26-48)59-38-20-36-57-56-35-16-17-37-58(56)64(60(57)59)50-29-14-5-15-30-50/h1-44H. The van der Waals surface area contributed by atoms with Crippen LogP contribution in [0, 0.1) is 0 Å². The van der Waals surface area contributed by atoms with Crippen LogP contribution in [0.15, 0.2) is 267 Å². The van der Waals surface area contributed by atoms with Crippen molar-refractivity contribution in [3.63, 3.8) is 0 Å². The summed E-state index contributed by atoms with van der Waals surface area (Å²) in [6.07, 6.45) is 0. The summed E-state index contributed by atoms with van der Waals surface area (Å²) in [6.45, 7) is 0. The first kappa shape index (κ1) is 38.3. The summed E-state index contributed by atoms with van der Waals surface area (Å²) in [5.41, 5.74) is 15.3. The fourth-order valence-electron chi connectivity index (χ4n) is 9.06. The molecular formula is C60H44N4. The first-order valence-corrected chi connectivity index (χ1v) is 21.8. The molecule has 0 unspecified atom stereocenters. The van der Waals surface area contributed by atoms with Gasteiger partial charge in [0.1, 0.15) is 0 Å². The Morgan fingerprint density at radius 2 is 0.625 bits per heavy atom. The molecule has 0 spiro atoms. The number of hydrogen-bond donors (Lipinski definition) is 0. The van der Waals surface area contributed by atoms with Crippen molar-refractivity contribution in [1.29, 1.82) is 0 Å². The molecular weight excluding hydrogens is 777 g/mol. The Kier molecular flexibility index (Phi) is 10.2. The number of para-hydroxylation sites is 6. The van der Waals surface area contributed by atoms with E-state index in [9.17, 15) is 0 Å². The topological polar surface area (TPSA) is 14.7 Å². The summed E-state index contributed by atoms with van der Waals surface area (Å²) in [7, 11) is 0. The molecule has 1 aromatic heterocycles. The minimum absolute atomic E-state index is 1.03. The third kappa shape index (κ3) is 7.23. The molecule has 0 saturated heterocycles. The minimum Gasteiger partial charge on any atom is -0.310 e. The maximum absolute atomic E-state index is 2.43. The van der Waals surface area contributed by atoms with E-state index in [2.05, 4.69) is 286 Å². The van der Waals surface area contributed by atoms with Crippen molar-refractivity contribution in [2.24, 2.45) is 0 Å². The van der Waals surface area contributed by atoms with E-state index in [-0.39, 0.29) is 0 Å². The van der Waals surface area contributed by atoms with E-state index >= 15 is 0 Å². The van der Waals surface area contributed by atoms with Crippen molar-refractivity contribution < 1.29 is 0 Å². The van der Waals surface area contributed by atoms with Crippen LogP contribution in [0.2, 0.25) is 0 Å². The van der Waals surface area contributed by atoms with Gasteiger partial charge in [-0.05, 0) is 120 Å². The molecule has 0 N–H and O–H groups in total. The molecule has 0 aliphatic carbocycles. The third-order valence-electron chi connectivity index (χ3n) is 11.9. The number of hydrogen-bond acceptors (Lipinski definition) is 3. The maximum atomic E-state index is 2.43. The molecule has 0 aliphatic rings. The van der Waals surface area contributed by atoms with Gasteiger partial charge in [-0.25, -0.2) is 0 Å². The monoisotopic (exact) mass is 820 g/mol. The highest BCUT2D eigenvalue weighted by Crippen LogP contribution is 2.47. The summed E-state index contributed by atoms with van der Waals surface area (Å²) in [4.78, 5) is 7.11. The van der Waals surface area contributed by atoms with E-state index in [1.54, 1.807) is 0 Å². The van der Waals surface area contributed by atoms with Crippen molar-refractivity contribution >= 4 is 73.0 Å². The molecule has 0 atom stereocenters. The SMILES string of the molecule is c1ccc(-c2ccc(N(c3ccccc3)c3cccc(N(c4cccc(N(c5ccccc5)c5ccccc5)c4)c4cccc5c6ccccc6n(-c6ccccc6)c45)c3)cc2)cc1. The van der Waals surface area contributed by atoms with Gasteiger partial charge in [-0.2, -0.15) is 0 Å². The average Bonchev–Trinajstić information content (AvgIpc) is 3.71. The second-order valence-corrected chi connectivity index (χ2v) is 15.8. The van der Waals surface area contributed by atoms with E-state index in [1.165, 1.54) is 21.9 Å². The quantitative estimate of drug-likeness (QED) is 0.129. The van der Waals surface area contributed by atoms with Crippen molar-refractivity contribution in [2.45, 2.75) is 0 Å². The lowest BCUT2D eigenvalue weighted by atomic mass is 10.0. The molecule has 11 aromatic rings. The van der Waals surface area contributed by atoms with Gasteiger partial charge >= 0.3 is 0 Å². The zero-order chi connectivity index (χ0) is 42.7. The highest BCUT2D eigenvalue weighted by atomic mass is 15.2. The van der Waals surface area contributed by atoms with Gasteiger partial charge in [0.15, 0.2) is 0 Å². The maximum Gasteiger partial charge on any atom is 0.0782 e. The zero-order valence-electron chi connectivity index (χ0n) is 35.2. The summed E-state index contributed by atoms with van der Waals surface area (Å²) in [5.74, 6) is 0. The lowest BCUT2D eigenvalue weighted by molar-refractivity contribution is 1.16. The van der Waals surface area contributed by atoms with Crippen molar-refractivity contribution in [1.82, 2.24) is 4.57 Å². The van der Waals surface area contributed by atoms with E-state index in [4.69, 9.17) is 0 Å². The lowest BCUT2D eigenvalue weighted by Crippen LogP contribution is -2.15. The summed E-state index contributed by atoms with van der Waals surface area (Å²) in [5, 5.41) is 2.40. The zero-order valence-corrected chi connectivity index (χ0v) is 35.2. The predicted octanol–water partition coefficient (Wildman–Crippen LogP) is 16.9. The van der Waals surface area contributed by atoms with Gasteiger partial charge in [0.05, 0.1) is 16.7 Å². The van der Waals surface area contributed by atoms with Gasteiger partial charge in [-0.3, -0.25) is 0 Å². The first-order valence-electron chi connectivity index (χ1n) is 21.8. The van der Waals surface area contributed by atoms with Crippen LogP contribution < -0.4 is 14.7 Å². The number of rotatable bonds is 11. The smallest absolute Gasteiger partial charge is 0.0782 e. The Balaban J connectivity index is 1.14. The van der Waals surface area contributed by atoms with Gasteiger partial charge in [0, 0.05) is 62.0 Å². The van der Waals surface area contributed by atoms with E-state index in [0.717, 1.165) is 67.9 Å². The van der Waals surface area contributed by atoms with Crippen molar-refractivity contribution in [3.05, 3.63) is 267 Å². The van der Waals surface area contributed by atoms with Crippen LogP contribution in [-0.2, 0) is 0 Å². The molecule has 10 aromatic carbocycles. The number of anilines is 9. The van der Waals surface area contributed by atoms with Crippen LogP contribution in [0.5, 0.6) is 0 Å². The van der Waals surface area contributed by atoms with E-state index in [1.807, 2.05) is 0 Å². The predicted molar refractivity (Wildman–Crippen MR) is 270 cm³/mol. The second-order valence-electron chi connectivity index (χ2n) is 15.8. The Labute approximate surface area is 374 Å². The Bertz CT molecular complexity index is 3270. The molecule has 0 fully saturated rings. The first-order chi connectivity index (χ1) is 31.8. The van der Waals surface area contributed by atoms with Crippen LogP contribution in [0.3, 0.4) is 0 Å². The molecule has 4 nitrogen and oxygen atoms in total. The molecule has 304 valence electrons. The molecule has 1 heterocycles. The van der Waals surface area contributed by atoms with E-state index in [0.29, 0.717) is 0 Å². The van der Waals surface area contributed by atoms with Crippen LogP contribution in [-0.4, -0.2) is 4.57 Å². The molecule has 0 saturated carbocycles. The van der Waals surface area contributed by atoms with Gasteiger partial charge in [-0.1, -0.05) is 158 Å². The fourth-order valence-corrected chi connectivity index (χ4v) is 9.06. The second kappa shape index (κ2) is 17.0. The largest absolute Gasteiger partial charge is 0.310 e. The Hall–Kier alpha value is -8.60. The third-order valence-corrected chi connectivity index (χ3v) is 11.9. The van der Waals surface area contributed by atoms with Crippen LogP contribution >= 0.6 is 0 Å². The van der Waals surface area contributed by atoms with Crippen LogP contribution in [0.25, 0.3) is 38.6 Å². The molecule has 0 amide bonds. The van der Waals surface area contributed by atoms with Gasteiger partial charge in [0.2, 0.25) is 0 Å². The number of benzene rings is 10. The van der Waals surface area contributed by atoms with Crippen molar-refractivity contribution in [2.75, 3.05) is 14.7 Å². The lowest BCUT2D eigenvalue weighted by Gasteiger charge is -2.31. The number of aromatic nitrogens is 1. The summed E-state index contributed by atoms with van der Waals surface area (Å²) in [6, 6.07) is 95.4. The minimum atomic E-state index is 1.03. The van der Waals surface area contributed by atoms with Gasteiger partial charge in [-0.15, -0.1) is 0 Å². The molecule has 0 bridgehead atoms. The molecule has 4 heteroatoms. The highest BCUT2D eigenvalue weighted by molar-refractivity contribution is 6.14. The van der Waals surface area contributed by atoms with Gasteiger partial charge in [0.25, 0.3) is 0 Å². The number of fused-ring (bicyclic) bond motifs is 3. The van der Waals surface area contributed by atoms with Gasteiger partial charge < -0.3 is 19.3 Å². The molecule has 64 heavy (non-hydrogen) atoms. The van der Waals surface area contributed by atoms with E-state index < -0.39 is 0 Å². The Morgan fingerprint density at radius 1 is 0.250 bits per heavy atom. The normalized spacial score (nSPS) is 11.1. The van der Waals surface area contributed by atoms with Crippen LogP contribution in [0.1, 0.15) is 0 Å². The van der Waals surface area contributed by atoms with Crippen molar-refractivity contribution in [3.8, 4) is 16.8 Å². The van der Waals surface area contributed by atoms with Crippen LogP contribution in [0.4, 0.5) is 51.2 Å². The average molecular weight is 821 g/mol. The number of nitrogens with zero attached hydrogens (tertiary/aromatic N) is 4. The molecule has 11 rings (SSSR count). The summed E-state index contributed by atoms with van der Waals surface area (Å²) >= 11 is 0.